The summed E-state index contributed by atoms with van der Waals surface area (Å²) in [6.07, 6.45) is 1.02. The molecule has 1 fully saturated rings. The second-order valence-electron chi connectivity index (χ2n) is 4.38. The Bertz CT molecular complexity index is 442. The van der Waals surface area contributed by atoms with Crippen LogP contribution in [0.15, 0.2) is 18.2 Å². The number of rotatable bonds is 2. The standard InChI is InChI=1S/C13H15FN2O/c1-9-4-5-16-8-13(9)17-12-3-2-10(7-15)6-11(12)14/h2-3,6,9,13,16H,4-5,8H2,1H3. The van der Waals surface area contributed by atoms with E-state index in [0.29, 0.717) is 11.5 Å². The maximum atomic E-state index is 13.6. The molecule has 0 aliphatic carbocycles. The molecule has 0 radical (unpaired) electrons. The third-order valence-electron chi connectivity index (χ3n) is 3.10. The van der Waals surface area contributed by atoms with Crippen LogP contribution in [0.3, 0.4) is 0 Å². The average molecular weight is 234 g/mol. The summed E-state index contributed by atoms with van der Waals surface area (Å²) in [5.41, 5.74) is 0.310. The number of hydrogen-bond donors (Lipinski definition) is 1. The molecule has 0 spiro atoms. The van der Waals surface area contributed by atoms with Crippen LogP contribution in [-0.2, 0) is 0 Å². The fourth-order valence-electron chi connectivity index (χ4n) is 1.95. The van der Waals surface area contributed by atoms with Gasteiger partial charge in [-0.15, -0.1) is 0 Å². The molecule has 90 valence electrons. The summed E-state index contributed by atoms with van der Waals surface area (Å²) in [6, 6.07) is 6.20. The number of ether oxygens (including phenoxy) is 1. The van der Waals surface area contributed by atoms with Crippen LogP contribution in [0.4, 0.5) is 4.39 Å². The number of nitriles is 1. The van der Waals surface area contributed by atoms with Crippen LogP contribution in [0.5, 0.6) is 5.75 Å². The first-order chi connectivity index (χ1) is 8.20. The zero-order valence-corrected chi connectivity index (χ0v) is 9.74. The molecule has 1 N–H and O–H groups in total. The van der Waals surface area contributed by atoms with Gasteiger partial charge in [-0.3, -0.25) is 0 Å². The highest BCUT2D eigenvalue weighted by Crippen LogP contribution is 2.23. The Balaban J connectivity index is 2.10. The van der Waals surface area contributed by atoms with E-state index < -0.39 is 5.82 Å². The average Bonchev–Trinajstić information content (AvgIpc) is 2.34. The molecule has 2 atom stereocenters. The van der Waals surface area contributed by atoms with Gasteiger partial charge in [-0.2, -0.15) is 5.26 Å². The number of hydrogen-bond acceptors (Lipinski definition) is 3. The monoisotopic (exact) mass is 234 g/mol. The largest absolute Gasteiger partial charge is 0.486 e. The zero-order valence-electron chi connectivity index (χ0n) is 9.74. The molecule has 1 aromatic rings. The summed E-state index contributed by atoms with van der Waals surface area (Å²) in [5, 5.41) is 11.9. The van der Waals surface area contributed by atoms with Crippen LogP contribution in [0, 0.1) is 23.1 Å². The second kappa shape index (κ2) is 5.15. The summed E-state index contributed by atoms with van der Waals surface area (Å²) in [6.45, 7) is 3.82. The lowest BCUT2D eigenvalue weighted by Gasteiger charge is -2.30. The van der Waals surface area contributed by atoms with Gasteiger partial charge in [-0.05, 0) is 37.1 Å². The van der Waals surface area contributed by atoms with E-state index in [0.717, 1.165) is 19.5 Å². The Hall–Kier alpha value is -1.60. The van der Waals surface area contributed by atoms with Gasteiger partial charge in [0, 0.05) is 6.54 Å². The fourth-order valence-corrected chi connectivity index (χ4v) is 1.95. The third kappa shape index (κ3) is 2.75. The minimum absolute atomic E-state index is 0.00816. The van der Waals surface area contributed by atoms with Gasteiger partial charge in [0.05, 0.1) is 11.6 Å². The van der Waals surface area contributed by atoms with Crippen LogP contribution >= 0.6 is 0 Å². The van der Waals surface area contributed by atoms with E-state index in [2.05, 4.69) is 12.2 Å². The first kappa shape index (κ1) is 11.9. The molecule has 17 heavy (non-hydrogen) atoms. The summed E-state index contributed by atoms with van der Waals surface area (Å²) >= 11 is 0. The van der Waals surface area contributed by atoms with Crippen molar-refractivity contribution in [1.29, 1.82) is 5.26 Å². The first-order valence-corrected chi connectivity index (χ1v) is 5.77. The van der Waals surface area contributed by atoms with Crippen molar-refractivity contribution in [2.75, 3.05) is 13.1 Å². The molecule has 0 saturated carbocycles. The van der Waals surface area contributed by atoms with Gasteiger partial charge in [0.1, 0.15) is 6.10 Å². The van der Waals surface area contributed by atoms with Crippen molar-refractivity contribution in [3.05, 3.63) is 29.6 Å². The molecule has 0 amide bonds. The molecule has 2 unspecified atom stereocenters. The van der Waals surface area contributed by atoms with E-state index in [1.54, 1.807) is 6.07 Å². The maximum absolute atomic E-state index is 13.6. The van der Waals surface area contributed by atoms with Gasteiger partial charge in [0.2, 0.25) is 0 Å². The van der Waals surface area contributed by atoms with Gasteiger partial charge in [-0.25, -0.2) is 4.39 Å². The minimum Gasteiger partial charge on any atom is -0.486 e. The van der Waals surface area contributed by atoms with Crippen LogP contribution in [-0.4, -0.2) is 19.2 Å². The second-order valence-corrected chi connectivity index (χ2v) is 4.38. The predicted octanol–water partition coefficient (Wildman–Crippen LogP) is 2.07. The number of nitrogens with one attached hydrogen (secondary N) is 1. The van der Waals surface area contributed by atoms with Crippen molar-refractivity contribution < 1.29 is 9.13 Å². The number of halogens is 1. The van der Waals surface area contributed by atoms with Crippen molar-refractivity contribution >= 4 is 0 Å². The Morgan fingerprint density at radius 2 is 2.35 bits per heavy atom. The van der Waals surface area contributed by atoms with Crippen molar-refractivity contribution in [3.8, 4) is 11.8 Å². The van der Waals surface area contributed by atoms with Crippen LogP contribution in [0.1, 0.15) is 18.9 Å². The van der Waals surface area contributed by atoms with E-state index >= 15 is 0 Å². The van der Waals surface area contributed by atoms with Crippen LogP contribution in [0.2, 0.25) is 0 Å². The van der Waals surface area contributed by atoms with E-state index in [9.17, 15) is 4.39 Å². The summed E-state index contributed by atoms with van der Waals surface area (Å²) in [4.78, 5) is 0. The Morgan fingerprint density at radius 1 is 1.53 bits per heavy atom. The molecule has 1 aromatic carbocycles. The Kier molecular flexibility index (Phi) is 3.60. The lowest BCUT2D eigenvalue weighted by molar-refractivity contribution is 0.110. The van der Waals surface area contributed by atoms with E-state index in [-0.39, 0.29) is 11.9 Å². The lowest BCUT2D eigenvalue weighted by atomic mass is 9.97. The predicted molar refractivity (Wildman–Crippen MR) is 62.2 cm³/mol. The van der Waals surface area contributed by atoms with Gasteiger partial charge in [-0.1, -0.05) is 6.92 Å². The van der Waals surface area contributed by atoms with Crippen molar-refractivity contribution in [1.82, 2.24) is 5.32 Å². The summed E-state index contributed by atoms with van der Waals surface area (Å²) < 4.78 is 19.3. The molecular weight excluding hydrogens is 219 g/mol. The topological polar surface area (TPSA) is 45.0 Å². The molecule has 0 aromatic heterocycles. The van der Waals surface area contributed by atoms with Crippen LogP contribution in [0.25, 0.3) is 0 Å². The molecule has 2 rings (SSSR count). The first-order valence-electron chi connectivity index (χ1n) is 5.77. The molecule has 1 saturated heterocycles. The minimum atomic E-state index is -0.471. The van der Waals surface area contributed by atoms with Crippen molar-refractivity contribution in [3.63, 3.8) is 0 Å². The molecule has 3 nitrogen and oxygen atoms in total. The van der Waals surface area contributed by atoms with Gasteiger partial charge >= 0.3 is 0 Å². The quantitative estimate of drug-likeness (QED) is 0.852. The Morgan fingerprint density at radius 3 is 3.00 bits per heavy atom. The zero-order chi connectivity index (χ0) is 12.3. The highest BCUT2D eigenvalue weighted by atomic mass is 19.1. The van der Waals surface area contributed by atoms with Gasteiger partial charge in [0.25, 0.3) is 0 Å². The van der Waals surface area contributed by atoms with E-state index in [1.165, 1.54) is 12.1 Å². The molecule has 0 bridgehead atoms. The number of benzene rings is 1. The highest BCUT2D eigenvalue weighted by Gasteiger charge is 2.23. The molecular formula is C13H15FN2O. The smallest absolute Gasteiger partial charge is 0.166 e. The summed E-state index contributed by atoms with van der Waals surface area (Å²) in [7, 11) is 0. The van der Waals surface area contributed by atoms with Gasteiger partial charge < -0.3 is 10.1 Å². The van der Waals surface area contributed by atoms with Crippen molar-refractivity contribution in [2.24, 2.45) is 5.92 Å². The van der Waals surface area contributed by atoms with E-state index in [1.807, 2.05) is 6.07 Å². The SMILES string of the molecule is CC1CCNCC1Oc1ccc(C#N)cc1F. The normalized spacial score (nSPS) is 24.1. The highest BCUT2D eigenvalue weighted by molar-refractivity contribution is 5.36. The molecule has 1 aliphatic rings. The number of nitrogens with zero attached hydrogens (tertiary/aromatic N) is 1. The third-order valence-corrected chi connectivity index (χ3v) is 3.10. The van der Waals surface area contributed by atoms with Crippen molar-refractivity contribution in [2.45, 2.75) is 19.4 Å². The van der Waals surface area contributed by atoms with Crippen LogP contribution < -0.4 is 10.1 Å². The maximum Gasteiger partial charge on any atom is 0.166 e. The molecule has 4 heteroatoms. The summed E-state index contributed by atoms with van der Waals surface area (Å²) in [5.74, 6) is 0.165. The van der Waals surface area contributed by atoms with E-state index in [4.69, 9.17) is 10.00 Å². The molecule has 1 heterocycles. The fraction of sp³-hybridized carbons (Fsp3) is 0.462. The Labute approximate surface area is 100 Å². The lowest BCUT2D eigenvalue weighted by Crippen LogP contribution is -2.42. The number of piperidine rings is 1. The van der Waals surface area contributed by atoms with Gasteiger partial charge in [0.15, 0.2) is 11.6 Å². The molecule has 1 aliphatic heterocycles.